The van der Waals surface area contributed by atoms with E-state index in [0.717, 1.165) is 4.47 Å². The number of aromatic amines is 1. The summed E-state index contributed by atoms with van der Waals surface area (Å²) >= 11 is 3.22. The molecule has 0 atom stereocenters. The van der Waals surface area contributed by atoms with Gasteiger partial charge in [-0.25, -0.2) is 13.4 Å². The SMILES string of the molecule is O=S(=O)([O-])c1nc2ccc(Br)cc2[nH]1. The van der Waals surface area contributed by atoms with E-state index in [4.69, 9.17) is 0 Å². The van der Waals surface area contributed by atoms with Crippen molar-refractivity contribution in [3.05, 3.63) is 22.7 Å². The molecule has 74 valence electrons. The Balaban J connectivity index is 2.75. The van der Waals surface area contributed by atoms with E-state index in [2.05, 4.69) is 25.9 Å². The van der Waals surface area contributed by atoms with E-state index in [9.17, 15) is 13.0 Å². The van der Waals surface area contributed by atoms with Gasteiger partial charge in [0.1, 0.15) is 0 Å². The lowest BCUT2D eigenvalue weighted by molar-refractivity contribution is 0.456. The number of nitrogens with zero attached hydrogens (tertiary/aromatic N) is 1. The molecule has 0 aliphatic heterocycles. The maximum atomic E-state index is 10.6. The largest absolute Gasteiger partial charge is 0.742 e. The van der Waals surface area contributed by atoms with Gasteiger partial charge in [0.05, 0.1) is 11.0 Å². The van der Waals surface area contributed by atoms with Crippen molar-refractivity contribution < 1.29 is 13.0 Å². The lowest BCUT2D eigenvalue weighted by Gasteiger charge is -1.99. The molecular formula is C7H4BrN2O3S-. The third-order valence-electron chi connectivity index (χ3n) is 1.66. The van der Waals surface area contributed by atoms with E-state index in [-0.39, 0.29) is 0 Å². The zero-order valence-electron chi connectivity index (χ0n) is 6.69. The summed E-state index contributed by atoms with van der Waals surface area (Å²) in [6.45, 7) is 0. The van der Waals surface area contributed by atoms with Crippen molar-refractivity contribution in [1.82, 2.24) is 9.97 Å². The molecule has 0 bridgehead atoms. The molecule has 7 heteroatoms. The monoisotopic (exact) mass is 275 g/mol. The maximum Gasteiger partial charge on any atom is 0.213 e. The highest BCUT2D eigenvalue weighted by Crippen LogP contribution is 2.18. The van der Waals surface area contributed by atoms with E-state index in [1.54, 1.807) is 18.2 Å². The number of nitrogens with one attached hydrogen (secondary N) is 1. The number of fused-ring (bicyclic) bond motifs is 1. The van der Waals surface area contributed by atoms with Crippen LogP contribution in [0.5, 0.6) is 0 Å². The molecule has 0 radical (unpaired) electrons. The highest BCUT2D eigenvalue weighted by molar-refractivity contribution is 9.10. The number of rotatable bonds is 1. The standard InChI is InChI=1S/C7H5BrN2O3S/c8-4-1-2-5-6(3-4)10-7(9-5)14(11,12)13/h1-3H,(H,9,10)(H,11,12,13)/p-1. The summed E-state index contributed by atoms with van der Waals surface area (Å²) in [7, 11) is -4.51. The van der Waals surface area contributed by atoms with Crippen LogP contribution < -0.4 is 0 Å². The molecule has 1 heterocycles. The van der Waals surface area contributed by atoms with Gasteiger partial charge in [-0.1, -0.05) is 15.9 Å². The molecule has 0 fully saturated rings. The minimum absolute atomic E-state index is 0.447. The predicted octanol–water partition coefficient (Wildman–Crippen LogP) is 1.23. The topological polar surface area (TPSA) is 85.9 Å². The molecule has 0 spiro atoms. The summed E-state index contributed by atoms with van der Waals surface area (Å²) in [4.78, 5) is 6.08. The third kappa shape index (κ3) is 1.66. The van der Waals surface area contributed by atoms with Crippen LogP contribution in [0.15, 0.2) is 27.8 Å². The third-order valence-corrected chi connectivity index (χ3v) is 2.82. The van der Waals surface area contributed by atoms with E-state index in [1.165, 1.54) is 0 Å². The van der Waals surface area contributed by atoms with Crippen LogP contribution in [0, 0.1) is 0 Å². The summed E-state index contributed by atoms with van der Waals surface area (Å²) in [5.74, 6) is 0. The van der Waals surface area contributed by atoms with Gasteiger partial charge in [-0.05, 0) is 18.2 Å². The van der Waals surface area contributed by atoms with Crippen molar-refractivity contribution in [1.29, 1.82) is 0 Å². The van der Waals surface area contributed by atoms with Gasteiger partial charge in [0, 0.05) is 4.47 Å². The number of aromatic nitrogens is 2. The lowest BCUT2D eigenvalue weighted by Crippen LogP contribution is -2.00. The first-order valence-corrected chi connectivity index (χ1v) is 5.78. The Hall–Kier alpha value is -0.920. The first-order valence-electron chi connectivity index (χ1n) is 3.58. The van der Waals surface area contributed by atoms with Crippen LogP contribution in [0.1, 0.15) is 0 Å². The zero-order valence-corrected chi connectivity index (χ0v) is 9.09. The average Bonchev–Trinajstić information content (AvgIpc) is 2.45. The second-order valence-electron chi connectivity index (χ2n) is 2.66. The van der Waals surface area contributed by atoms with Gasteiger partial charge in [-0.3, -0.25) is 0 Å². The predicted molar refractivity (Wildman–Crippen MR) is 51.8 cm³/mol. The van der Waals surface area contributed by atoms with Crippen molar-refractivity contribution in [2.45, 2.75) is 5.16 Å². The Morgan fingerprint density at radius 2 is 2.14 bits per heavy atom. The quantitative estimate of drug-likeness (QED) is 0.794. The van der Waals surface area contributed by atoms with Crippen LogP contribution in [0.4, 0.5) is 0 Å². The van der Waals surface area contributed by atoms with Crippen LogP contribution >= 0.6 is 15.9 Å². The number of halogens is 1. The number of hydrogen-bond acceptors (Lipinski definition) is 4. The second-order valence-corrected chi connectivity index (χ2v) is 4.87. The van der Waals surface area contributed by atoms with E-state index < -0.39 is 15.3 Å². The molecule has 2 aromatic rings. The van der Waals surface area contributed by atoms with Gasteiger partial charge < -0.3 is 9.54 Å². The van der Waals surface area contributed by atoms with Crippen molar-refractivity contribution in [2.24, 2.45) is 0 Å². The minimum Gasteiger partial charge on any atom is -0.742 e. The molecule has 1 N–H and O–H groups in total. The highest BCUT2D eigenvalue weighted by Gasteiger charge is 2.07. The molecule has 1 aromatic heterocycles. The van der Waals surface area contributed by atoms with Gasteiger partial charge >= 0.3 is 0 Å². The zero-order chi connectivity index (χ0) is 10.3. The number of H-pyrrole nitrogens is 1. The summed E-state index contributed by atoms with van der Waals surface area (Å²) in [6.07, 6.45) is 0. The molecular weight excluding hydrogens is 272 g/mol. The molecule has 5 nitrogen and oxygen atoms in total. The van der Waals surface area contributed by atoms with Gasteiger partial charge in [0.25, 0.3) is 0 Å². The molecule has 0 amide bonds. The molecule has 0 aliphatic carbocycles. The Morgan fingerprint density at radius 3 is 2.79 bits per heavy atom. The average molecular weight is 276 g/mol. The lowest BCUT2D eigenvalue weighted by atomic mass is 10.3. The molecule has 0 unspecified atom stereocenters. The van der Waals surface area contributed by atoms with Crippen LogP contribution in [0.25, 0.3) is 11.0 Å². The fourth-order valence-electron chi connectivity index (χ4n) is 1.08. The van der Waals surface area contributed by atoms with Crippen LogP contribution in [0.2, 0.25) is 0 Å². The van der Waals surface area contributed by atoms with Crippen LogP contribution in [-0.4, -0.2) is 22.9 Å². The molecule has 0 aliphatic rings. The Labute approximate surface area is 88.0 Å². The fraction of sp³-hybridized carbons (Fsp3) is 0. The summed E-state index contributed by atoms with van der Waals surface area (Å²) in [6, 6.07) is 4.98. The molecule has 14 heavy (non-hydrogen) atoms. The second kappa shape index (κ2) is 3.04. The van der Waals surface area contributed by atoms with Crippen molar-refractivity contribution in [3.8, 4) is 0 Å². The number of imidazole rings is 1. The van der Waals surface area contributed by atoms with Crippen molar-refractivity contribution in [3.63, 3.8) is 0 Å². The minimum atomic E-state index is -4.51. The van der Waals surface area contributed by atoms with Gasteiger partial charge in [0.15, 0.2) is 10.1 Å². The Morgan fingerprint density at radius 1 is 1.43 bits per heavy atom. The molecule has 0 saturated heterocycles. The number of hydrogen-bond donors (Lipinski definition) is 1. The summed E-state index contributed by atoms with van der Waals surface area (Å²) < 4.78 is 32.7. The van der Waals surface area contributed by atoms with Gasteiger partial charge in [-0.2, -0.15) is 0 Å². The van der Waals surface area contributed by atoms with E-state index in [0.29, 0.717) is 11.0 Å². The molecule has 2 rings (SSSR count). The Bertz CT molecular complexity index is 590. The highest BCUT2D eigenvalue weighted by atomic mass is 79.9. The number of benzene rings is 1. The molecule has 1 aromatic carbocycles. The maximum absolute atomic E-state index is 10.6. The van der Waals surface area contributed by atoms with Crippen LogP contribution in [0.3, 0.4) is 0 Å². The summed E-state index contributed by atoms with van der Waals surface area (Å²) in [5.41, 5.74) is 0.955. The normalized spacial score (nSPS) is 12.1. The van der Waals surface area contributed by atoms with Gasteiger partial charge in [-0.15, -0.1) is 0 Å². The van der Waals surface area contributed by atoms with E-state index >= 15 is 0 Å². The van der Waals surface area contributed by atoms with Gasteiger partial charge in [0.2, 0.25) is 5.16 Å². The summed E-state index contributed by atoms with van der Waals surface area (Å²) in [5, 5.41) is -0.550. The first kappa shape index (κ1) is 9.63. The van der Waals surface area contributed by atoms with Crippen molar-refractivity contribution >= 4 is 37.1 Å². The Kier molecular flexibility index (Phi) is 2.09. The first-order chi connectivity index (χ1) is 6.47. The van der Waals surface area contributed by atoms with Crippen molar-refractivity contribution in [2.75, 3.05) is 0 Å². The smallest absolute Gasteiger partial charge is 0.213 e. The van der Waals surface area contributed by atoms with E-state index in [1.807, 2.05) is 0 Å². The molecule has 0 saturated carbocycles. The fourth-order valence-corrected chi connectivity index (χ4v) is 1.88. The van der Waals surface area contributed by atoms with Crippen LogP contribution in [-0.2, 0) is 10.1 Å².